The van der Waals surface area contributed by atoms with Crippen LogP contribution in [0.1, 0.15) is 29.3 Å². The van der Waals surface area contributed by atoms with Crippen molar-refractivity contribution in [1.29, 1.82) is 0 Å². The average Bonchev–Trinajstić information content (AvgIpc) is 2.45. The molecule has 1 aromatic rings. The SMILES string of the molecule is Cc1ccc([N+](=O)[O-])c(C(=O)N2CCC(C(=O)O)C(C)C2)c1. The van der Waals surface area contributed by atoms with E-state index in [2.05, 4.69) is 0 Å². The van der Waals surface area contributed by atoms with Crippen LogP contribution in [-0.2, 0) is 4.79 Å². The van der Waals surface area contributed by atoms with E-state index in [-0.39, 0.29) is 17.2 Å². The fourth-order valence-electron chi connectivity index (χ4n) is 2.85. The van der Waals surface area contributed by atoms with Crippen LogP contribution >= 0.6 is 0 Å². The number of rotatable bonds is 3. The van der Waals surface area contributed by atoms with Crippen molar-refractivity contribution in [3.63, 3.8) is 0 Å². The Balaban J connectivity index is 2.25. The molecule has 22 heavy (non-hydrogen) atoms. The molecule has 0 radical (unpaired) electrons. The average molecular weight is 306 g/mol. The van der Waals surface area contributed by atoms with E-state index in [9.17, 15) is 19.7 Å². The molecule has 1 saturated heterocycles. The Morgan fingerprint density at radius 1 is 1.41 bits per heavy atom. The lowest BCUT2D eigenvalue weighted by atomic mass is 9.86. The number of nitro benzene ring substituents is 1. The fourth-order valence-corrected chi connectivity index (χ4v) is 2.85. The van der Waals surface area contributed by atoms with Gasteiger partial charge in [0.25, 0.3) is 11.6 Å². The van der Waals surface area contributed by atoms with Crippen molar-refractivity contribution in [1.82, 2.24) is 4.90 Å². The van der Waals surface area contributed by atoms with E-state index in [1.807, 2.05) is 0 Å². The van der Waals surface area contributed by atoms with Crippen molar-refractivity contribution in [3.05, 3.63) is 39.4 Å². The molecule has 1 amide bonds. The number of amides is 1. The number of nitrogens with zero attached hydrogens (tertiary/aromatic N) is 2. The van der Waals surface area contributed by atoms with Gasteiger partial charge in [-0.25, -0.2) is 0 Å². The van der Waals surface area contributed by atoms with E-state index in [1.54, 1.807) is 19.9 Å². The zero-order chi connectivity index (χ0) is 16.4. The van der Waals surface area contributed by atoms with Gasteiger partial charge in [0, 0.05) is 19.2 Å². The van der Waals surface area contributed by atoms with Crippen LogP contribution in [0, 0.1) is 28.9 Å². The molecule has 2 rings (SSSR count). The minimum atomic E-state index is -0.860. The van der Waals surface area contributed by atoms with E-state index < -0.39 is 22.7 Å². The maximum Gasteiger partial charge on any atom is 0.306 e. The summed E-state index contributed by atoms with van der Waals surface area (Å²) in [5.74, 6) is -1.93. The van der Waals surface area contributed by atoms with Crippen LogP contribution in [0.3, 0.4) is 0 Å². The van der Waals surface area contributed by atoms with Gasteiger partial charge in [0.15, 0.2) is 0 Å². The van der Waals surface area contributed by atoms with Crippen LogP contribution in [0.25, 0.3) is 0 Å². The predicted octanol–water partition coefficient (Wildman–Crippen LogP) is 2.09. The number of carboxylic acid groups (broad SMARTS) is 1. The molecule has 1 N–H and O–H groups in total. The molecule has 1 aliphatic rings. The third kappa shape index (κ3) is 3.08. The number of piperidine rings is 1. The third-order valence-electron chi connectivity index (χ3n) is 4.09. The molecule has 0 bridgehead atoms. The van der Waals surface area contributed by atoms with Gasteiger partial charge in [-0.15, -0.1) is 0 Å². The number of likely N-dealkylation sites (tertiary alicyclic amines) is 1. The highest BCUT2D eigenvalue weighted by molar-refractivity contribution is 5.98. The van der Waals surface area contributed by atoms with Crippen molar-refractivity contribution in [2.75, 3.05) is 13.1 Å². The van der Waals surface area contributed by atoms with Crippen molar-refractivity contribution >= 4 is 17.6 Å². The number of aryl methyl sites for hydroxylation is 1. The molecule has 7 heteroatoms. The molecular weight excluding hydrogens is 288 g/mol. The second-order valence-electron chi connectivity index (χ2n) is 5.74. The lowest BCUT2D eigenvalue weighted by Crippen LogP contribution is -2.45. The number of carbonyl (C=O) groups is 2. The predicted molar refractivity (Wildman–Crippen MR) is 78.6 cm³/mol. The van der Waals surface area contributed by atoms with Gasteiger partial charge in [0.2, 0.25) is 0 Å². The summed E-state index contributed by atoms with van der Waals surface area (Å²) in [6.07, 6.45) is 0.363. The molecule has 1 fully saturated rings. The van der Waals surface area contributed by atoms with E-state index in [4.69, 9.17) is 5.11 Å². The number of hydrogen-bond donors (Lipinski definition) is 1. The number of aliphatic carboxylic acids is 1. The second-order valence-corrected chi connectivity index (χ2v) is 5.74. The minimum Gasteiger partial charge on any atom is -0.481 e. The van der Waals surface area contributed by atoms with Crippen molar-refractivity contribution in [3.8, 4) is 0 Å². The van der Waals surface area contributed by atoms with Gasteiger partial charge in [0.05, 0.1) is 10.8 Å². The topological polar surface area (TPSA) is 101 Å². The number of nitro groups is 1. The summed E-state index contributed by atoms with van der Waals surface area (Å²) in [4.78, 5) is 35.7. The summed E-state index contributed by atoms with van der Waals surface area (Å²) in [7, 11) is 0. The molecule has 0 spiro atoms. The first-order valence-electron chi connectivity index (χ1n) is 7.08. The summed E-state index contributed by atoms with van der Waals surface area (Å²) in [5, 5.41) is 20.2. The number of carboxylic acids is 1. The van der Waals surface area contributed by atoms with Gasteiger partial charge < -0.3 is 10.0 Å². The highest BCUT2D eigenvalue weighted by atomic mass is 16.6. The normalized spacial score (nSPS) is 21.5. The zero-order valence-corrected chi connectivity index (χ0v) is 12.5. The van der Waals surface area contributed by atoms with Crippen molar-refractivity contribution in [2.24, 2.45) is 11.8 Å². The highest BCUT2D eigenvalue weighted by Crippen LogP contribution is 2.27. The van der Waals surface area contributed by atoms with Crippen LogP contribution < -0.4 is 0 Å². The first kappa shape index (κ1) is 15.9. The smallest absolute Gasteiger partial charge is 0.306 e. The van der Waals surface area contributed by atoms with Crippen LogP contribution in [0.5, 0.6) is 0 Å². The molecule has 1 aliphatic heterocycles. The quantitative estimate of drug-likeness (QED) is 0.680. The Bertz CT molecular complexity index is 628. The molecule has 1 aromatic carbocycles. The van der Waals surface area contributed by atoms with Crippen LogP contribution in [0.2, 0.25) is 0 Å². The van der Waals surface area contributed by atoms with Gasteiger partial charge in [-0.2, -0.15) is 0 Å². The molecule has 2 atom stereocenters. The molecule has 118 valence electrons. The maximum atomic E-state index is 12.6. The van der Waals surface area contributed by atoms with Crippen molar-refractivity contribution in [2.45, 2.75) is 20.3 Å². The first-order chi connectivity index (χ1) is 10.3. The van der Waals surface area contributed by atoms with Crippen LogP contribution in [0.15, 0.2) is 18.2 Å². The molecule has 1 heterocycles. The Labute approximate surface area is 127 Å². The standard InChI is InChI=1S/C15H18N2O5/c1-9-3-4-13(17(21)22)12(7-9)14(18)16-6-5-11(15(19)20)10(2)8-16/h3-4,7,10-11H,5-6,8H2,1-2H3,(H,19,20). The van der Waals surface area contributed by atoms with Crippen molar-refractivity contribution < 1.29 is 19.6 Å². The van der Waals surface area contributed by atoms with Gasteiger partial charge in [-0.1, -0.05) is 13.0 Å². The van der Waals surface area contributed by atoms with Crippen LogP contribution in [-0.4, -0.2) is 39.9 Å². The molecule has 2 unspecified atom stereocenters. The van der Waals surface area contributed by atoms with E-state index >= 15 is 0 Å². The van der Waals surface area contributed by atoms with E-state index in [0.717, 1.165) is 5.56 Å². The van der Waals surface area contributed by atoms with E-state index in [1.165, 1.54) is 17.0 Å². The Kier molecular flexibility index (Phi) is 4.44. The largest absolute Gasteiger partial charge is 0.481 e. The first-order valence-corrected chi connectivity index (χ1v) is 7.08. The number of hydrogen-bond acceptors (Lipinski definition) is 4. The summed E-state index contributed by atoms with van der Waals surface area (Å²) in [6, 6.07) is 4.43. The number of benzene rings is 1. The van der Waals surface area contributed by atoms with Crippen LogP contribution in [0.4, 0.5) is 5.69 Å². The lowest BCUT2D eigenvalue weighted by Gasteiger charge is -2.34. The lowest BCUT2D eigenvalue weighted by molar-refractivity contribution is -0.385. The minimum absolute atomic E-state index is 0.0611. The Hall–Kier alpha value is -2.44. The molecule has 0 saturated carbocycles. The summed E-state index contributed by atoms with van der Waals surface area (Å²) < 4.78 is 0. The molecule has 0 aromatic heterocycles. The highest BCUT2D eigenvalue weighted by Gasteiger charge is 2.34. The fraction of sp³-hybridized carbons (Fsp3) is 0.467. The zero-order valence-electron chi connectivity index (χ0n) is 12.5. The Morgan fingerprint density at radius 3 is 2.64 bits per heavy atom. The molecular formula is C15H18N2O5. The second kappa shape index (κ2) is 6.13. The van der Waals surface area contributed by atoms with Gasteiger partial charge in [-0.3, -0.25) is 19.7 Å². The van der Waals surface area contributed by atoms with Gasteiger partial charge in [-0.05, 0) is 30.9 Å². The summed E-state index contributed by atoms with van der Waals surface area (Å²) >= 11 is 0. The monoisotopic (exact) mass is 306 g/mol. The third-order valence-corrected chi connectivity index (χ3v) is 4.09. The summed E-state index contributed by atoms with van der Waals surface area (Å²) in [6.45, 7) is 4.13. The molecule has 0 aliphatic carbocycles. The summed E-state index contributed by atoms with van der Waals surface area (Å²) in [5.41, 5.74) is 0.608. The Morgan fingerprint density at radius 2 is 2.09 bits per heavy atom. The van der Waals surface area contributed by atoms with Gasteiger partial charge in [0.1, 0.15) is 5.56 Å². The maximum absolute atomic E-state index is 12.6. The van der Waals surface area contributed by atoms with Gasteiger partial charge >= 0.3 is 5.97 Å². The number of carbonyl (C=O) groups excluding carboxylic acids is 1. The molecule has 7 nitrogen and oxygen atoms in total. The van der Waals surface area contributed by atoms with E-state index in [0.29, 0.717) is 19.5 Å².